The summed E-state index contributed by atoms with van der Waals surface area (Å²) in [5.74, 6) is 0.295. The Morgan fingerprint density at radius 3 is 2.55 bits per heavy atom. The SMILES string of the molecule is COCCN1CCC(Cc2ccc(N)cc2C(F)(F)F)CC1. The molecule has 3 nitrogen and oxygen atoms in total. The Balaban J connectivity index is 1.98. The molecule has 0 saturated carbocycles. The van der Waals surface area contributed by atoms with Gasteiger partial charge in [-0.1, -0.05) is 6.07 Å². The van der Waals surface area contributed by atoms with E-state index in [4.69, 9.17) is 10.5 Å². The lowest BCUT2D eigenvalue weighted by molar-refractivity contribution is -0.138. The number of nitrogen functional groups attached to an aromatic ring is 1. The second-order valence-corrected chi connectivity index (χ2v) is 5.90. The summed E-state index contributed by atoms with van der Waals surface area (Å²) in [6, 6.07) is 4.12. The lowest BCUT2D eigenvalue weighted by atomic mass is 9.88. The van der Waals surface area contributed by atoms with E-state index in [2.05, 4.69) is 4.90 Å². The fourth-order valence-electron chi connectivity index (χ4n) is 2.98. The highest BCUT2D eigenvalue weighted by Gasteiger charge is 2.34. The first-order valence-electron chi connectivity index (χ1n) is 7.57. The number of hydrogen-bond donors (Lipinski definition) is 1. The zero-order chi connectivity index (χ0) is 16.2. The molecule has 1 heterocycles. The molecule has 2 rings (SSSR count). The fourth-order valence-corrected chi connectivity index (χ4v) is 2.98. The first-order chi connectivity index (χ1) is 10.4. The van der Waals surface area contributed by atoms with Crippen LogP contribution in [0.25, 0.3) is 0 Å². The zero-order valence-corrected chi connectivity index (χ0v) is 12.8. The Morgan fingerprint density at radius 1 is 1.27 bits per heavy atom. The van der Waals surface area contributed by atoms with Crippen molar-refractivity contribution in [1.82, 2.24) is 4.90 Å². The maximum atomic E-state index is 13.1. The van der Waals surface area contributed by atoms with Gasteiger partial charge in [-0.05, 0) is 56.0 Å². The van der Waals surface area contributed by atoms with E-state index in [1.807, 2.05) is 0 Å². The van der Waals surface area contributed by atoms with Gasteiger partial charge in [0.2, 0.25) is 0 Å². The summed E-state index contributed by atoms with van der Waals surface area (Å²) in [5, 5.41) is 0. The van der Waals surface area contributed by atoms with E-state index in [9.17, 15) is 13.2 Å². The third-order valence-electron chi connectivity index (χ3n) is 4.27. The molecule has 1 aromatic carbocycles. The van der Waals surface area contributed by atoms with Crippen LogP contribution in [0.3, 0.4) is 0 Å². The minimum absolute atomic E-state index is 0.158. The average Bonchev–Trinajstić information content (AvgIpc) is 2.47. The number of likely N-dealkylation sites (tertiary alicyclic amines) is 1. The molecule has 1 aliphatic heterocycles. The van der Waals surface area contributed by atoms with E-state index in [1.165, 1.54) is 6.07 Å². The normalized spacial score (nSPS) is 17.8. The Labute approximate surface area is 129 Å². The van der Waals surface area contributed by atoms with Crippen LogP contribution in [-0.2, 0) is 17.3 Å². The van der Waals surface area contributed by atoms with Gasteiger partial charge in [0.25, 0.3) is 0 Å². The van der Waals surface area contributed by atoms with Crippen molar-refractivity contribution < 1.29 is 17.9 Å². The number of benzene rings is 1. The summed E-state index contributed by atoms with van der Waals surface area (Å²) in [5.41, 5.74) is 5.43. The minimum Gasteiger partial charge on any atom is -0.399 e. The van der Waals surface area contributed by atoms with E-state index >= 15 is 0 Å². The highest BCUT2D eigenvalue weighted by atomic mass is 19.4. The van der Waals surface area contributed by atoms with Crippen LogP contribution in [0.4, 0.5) is 18.9 Å². The number of anilines is 1. The summed E-state index contributed by atoms with van der Waals surface area (Å²) >= 11 is 0. The van der Waals surface area contributed by atoms with Gasteiger partial charge < -0.3 is 15.4 Å². The molecule has 0 aliphatic carbocycles. The van der Waals surface area contributed by atoms with Gasteiger partial charge in [-0.25, -0.2) is 0 Å². The van der Waals surface area contributed by atoms with Gasteiger partial charge in [0, 0.05) is 19.3 Å². The van der Waals surface area contributed by atoms with Crippen molar-refractivity contribution in [2.24, 2.45) is 5.92 Å². The molecule has 0 spiro atoms. The average molecular weight is 316 g/mol. The first kappa shape index (κ1) is 17.1. The van der Waals surface area contributed by atoms with Crippen molar-refractivity contribution in [3.05, 3.63) is 29.3 Å². The van der Waals surface area contributed by atoms with Gasteiger partial charge in [-0.2, -0.15) is 13.2 Å². The molecule has 22 heavy (non-hydrogen) atoms. The van der Waals surface area contributed by atoms with Crippen LogP contribution in [-0.4, -0.2) is 38.3 Å². The number of nitrogens with zero attached hydrogens (tertiary/aromatic N) is 1. The molecular weight excluding hydrogens is 293 g/mol. The van der Waals surface area contributed by atoms with Gasteiger partial charge in [0.05, 0.1) is 12.2 Å². The van der Waals surface area contributed by atoms with Crippen molar-refractivity contribution in [1.29, 1.82) is 0 Å². The summed E-state index contributed by atoms with van der Waals surface area (Å²) in [7, 11) is 1.67. The van der Waals surface area contributed by atoms with Crippen LogP contribution in [0, 0.1) is 5.92 Å². The minimum atomic E-state index is -4.34. The standard InChI is InChI=1S/C16H23F3N2O/c1-22-9-8-21-6-4-12(5-7-21)10-13-2-3-14(20)11-15(13)16(17,18)19/h2-3,11-12H,4-10,20H2,1H3. The number of nitrogens with two attached hydrogens (primary N) is 1. The number of methoxy groups -OCH3 is 1. The number of rotatable bonds is 5. The molecule has 1 fully saturated rings. The van der Waals surface area contributed by atoms with Crippen molar-refractivity contribution in [3.8, 4) is 0 Å². The Morgan fingerprint density at radius 2 is 1.95 bits per heavy atom. The number of hydrogen-bond acceptors (Lipinski definition) is 3. The van der Waals surface area contributed by atoms with Crippen molar-refractivity contribution in [2.75, 3.05) is 39.1 Å². The number of ether oxygens (including phenoxy) is 1. The summed E-state index contributed by atoms with van der Waals surface area (Å²) in [4.78, 5) is 2.30. The molecular formula is C16H23F3N2O. The lowest BCUT2D eigenvalue weighted by Crippen LogP contribution is -2.36. The number of alkyl halides is 3. The monoisotopic (exact) mass is 316 g/mol. The lowest BCUT2D eigenvalue weighted by Gasteiger charge is -2.32. The van der Waals surface area contributed by atoms with Gasteiger partial charge in [0.1, 0.15) is 0 Å². The van der Waals surface area contributed by atoms with Crippen molar-refractivity contribution in [2.45, 2.75) is 25.4 Å². The second-order valence-electron chi connectivity index (χ2n) is 5.90. The third kappa shape index (κ3) is 4.61. The van der Waals surface area contributed by atoms with Crippen LogP contribution in [0.5, 0.6) is 0 Å². The maximum absolute atomic E-state index is 13.1. The topological polar surface area (TPSA) is 38.5 Å². The zero-order valence-electron chi connectivity index (χ0n) is 12.8. The van der Waals surface area contributed by atoms with Crippen molar-refractivity contribution in [3.63, 3.8) is 0 Å². The predicted molar refractivity (Wildman–Crippen MR) is 80.6 cm³/mol. The molecule has 1 aliphatic rings. The summed E-state index contributed by atoms with van der Waals surface area (Å²) < 4.78 is 44.4. The quantitative estimate of drug-likeness (QED) is 0.848. The predicted octanol–water partition coefficient (Wildman–Crippen LogP) is 3.19. The van der Waals surface area contributed by atoms with Crippen LogP contribution >= 0.6 is 0 Å². The molecule has 0 unspecified atom stereocenters. The molecule has 1 saturated heterocycles. The van der Waals surface area contributed by atoms with Crippen LogP contribution in [0.2, 0.25) is 0 Å². The third-order valence-corrected chi connectivity index (χ3v) is 4.27. The smallest absolute Gasteiger partial charge is 0.399 e. The number of piperidine rings is 1. The first-order valence-corrected chi connectivity index (χ1v) is 7.57. The van der Waals surface area contributed by atoms with E-state index < -0.39 is 11.7 Å². The van der Waals surface area contributed by atoms with E-state index in [-0.39, 0.29) is 5.69 Å². The van der Waals surface area contributed by atoms with Crippen LogP contribution in [0.15, 0.2) is 18.2 Å². The molecule has 2 N–H and O–H groups in total. The highest BCUT2D eigenvalue weighted by Crippen LogP contribution is 2.35. The van der Waals surface area contributed by atoms with Crippen LogP contribution in [0.1, 0.15) is 24.0 Å². The fraction of sp³-hybridized carbons (Fsp3) is 0.625. The summed E-state index contributed by atoms with van der Waals surface area (Å²) in [6.45, 7) is 3.43. The second kappa shape index (κ2) is 7.33. The van der Waals surface area contributed by atoms with Gasteiger partial charge in [-0.3, -0.25) is 0 Å². The van der Waals surface area contributed by atoms with E-state index in [1.54, 1.807) is 13.2 Å². The van der Waals surface area contributed by atoms with E-state index in [0.717, 1.165) is 38.5 Å². The molecule has 0 aromatic heterocycles. The summed E-state index contributed by atoms with van der Waals surface area (Å²) in [6.07, 6.45) is -2.03. The van der Waals surface area contributed by atoms with Crippen LogP contribution < -0.4 is 5.73 Å². The molecule has 0 atom stereocenters. The largest absolute Gasteiger partial charge is 0.416 e. The van der Waals surface area contributed by atoms with Gasteiger partial charge in [0.15, 0.2) is 0 Å². The Kier molecular flexibility index (Phi) is 5.69. The Bertz CT molecular complexity index is 483. The molecule has 0 bridgehead atoms. The molecule has 0 amide bonds. The van der Waals surface area contributed by atoms with E-state index in [0.29, 0.717) is 24.5 Å². The Hall–Kier alpha value is -1.27. The molecule has 0 radical (unpaired) electrons. The molecule has 1 aromatic rings. The maximum Gasteiger partial charge on any atom is 0.416 e. The van der Waals surface area contributed by atoms with Gasteiger partial charge in [-0.15, -0.1) is 0 Å². The molecule has 124 valence electrons. The van der Waals surface area contributed by atoms with Gasteiger partial charge >= 0.3 is 6.18 Å². The number of halogens is 3. The highest BCUT2D eigenvalue weighted by molar-refractivity contribution is 5.46. The molecule has 6 heteroatoms. The van der Waals surface area contributed by atoms with Crippen molar-refractivity contribution >= 4 is 5.69 Å².